The molecule has 0 saturated carbocycles. The molecule has 2 aliphatic rings. The van der Waals surface area contributed by atoms with Crippen molar-refractivity contribution in [2.45, 2.75) is 50.9 Å². The van der Waals surface area contributed by atoms with Crippen molar-refractivity contribution in [3.8, 4) is 0 Å². The summed E-state index contributed by atoms with van der Waals surface area (Å²) in [7, 11) is 0. The van der Waals surface area contributed by atoms with E-state index in [-0.39, 0.29) is 30.6 Å². The second-order valence-electron chi connectivity index (χ2n) is 7.99. The van der Waals surface area contributed by atoms with Crippen molar-refractivity contribution in [1.29, 1.82) is 0 Å². The molecular weight excluding hydrogens is 372 g/mol. The normalized spacial score (nSPS) is 22.0. The zero-order valence-electron chi connectivity index (χ0n) is 16.6. The van der Waals surface area contributed by atoms with Crippen molar-refractivity contribution in [1.82, 2.24) is 15.5 Å². The molecule has 0 aromatic heterocycles. The molecule has 1 fully saturated rings. The number of nitrogens with zero attached hydrogens (tertiary/aromatic N) is 1. The predicted octanol–water partition coefficient (Wildman–Crippen LogP) is 2.80. The summed E-state index contributed by atoms with van der Waals surface area (Å²) in [5.74, 6) is -0.815. The minimum Gasteiger partial charge on any atom is -0.355 e. The average molecular weight is 399 g/mol. The molecule has 0 radical (unpaired) electrons. The number of rotatable bonds is 6. The summed E-state index contributed by atoms with van der Waals surface area (Å²) in [6.45, 7) is 3.48. The second-order valence-corrected chi connectivity index (χ2v) is 7.99. The number of amides is 1. The zero-order valence-corrected chi connectivity index (χ0v) is 16.6. The fraction of sp³-hybridized carbons (Fsp3) is 0.435. The molecule has 6 heteroatoms. The van der Waals surface area contributed by atoms with Crippen LogP contribution in [0.1, 0.15) is 30.0 Å². The number of carbonyl (C=O) groups excluding carboxylic acids is 1. The van der Waals surface area contributed by atoms with Gasteiger partial charge in [0.2, 0.25) is 5.91 Å². The van der Waals surface area contributed by atoms with Crippen LogP contribution in [0.2, 0.25) is 0 Å². The van der Waals surface area contributed by atoms with Crippen LogP contribution in [0, 0.1) is 11.6 Å². The summed E-state index contributed by atoms with van der Waals surface area (Å²) < 4.78 is 27.4. The summed E-state index contributed by atoms with van der Waals surface area (Å²) in [6.07, 6.45) is 2.55. The highest BCUT2D eigenvalue weighted by Crippen LogP contribution is 2.31. The first-order chi connectivity index (χ1) is 14.0. The van der Waals surface area contributed by atoms with Gasteiger partial charge >= 0.3 is 0 Å². The number of likely N-dealkylation sites (N-methyl/N-ethyl adjacent to an activating group) is 1. The molecule has 1 aliphatic carbocycles. The Morgan fingerprint density at radius 1 is 1.14 bits per heavy atom. The molecule has 0 spiro atoms. The number of fused-ring (bicyclic) bond motifs is 1. The van der Waals surface area contributed by atoms with Gasteiger partial charge in [-0.2, -0.15) is 0 Å². The Balaban J connectivity index is 1.45. The van der Waals surface area contributed by atoms with Crippen LogP contribution in [-0.2, 0) is 24.2 Å². The monoisotopic (exact) mass is 399 g/mol. The van der Waals surface area contributed by atoms with E-state index in [1.54, 1.807) is 0 Å². The summed E-state index contributed by atoms with van der Waals surface area (Å²) in [5, 5.41) is 6.29. The smallest absolute Gasteiger partial charge is 0.237 e. The largest absolute Gasteiger partial charge is 0.355 e. The molecule has 4 rings (SSSR count). The van der Waals surface area contributed by atoms with Gasteiger partial charge in [0.15, 0.2) is 0 Å². The van der Waals surface area contributed by atoms with Crippen LogP contribution in [0.25, 0.3) is 0 Å². The molecule has 2 atom stereocenters. The maximum atomic E-state index is 13.9. The van der Waals surface area contributed by atoms with Crippen LogP contribution in [0.4, 0.5) is 8.78 Å². The van der Waals surface area contributed by atoms with Gasteiger partial charge in [0.25, 0.3) is 0 Å². The van der Waals surface area contributed by atoms with Crippen molar-refractivity contribution < 1.29 is 13.6 Å². The first-order valence-electron chi connectivity index (χ1n) is 10.3. The minimum atomic E-state index is -0.444. The lowest BCUT2D eigenvalue weighted by Crippen LogP contribution is -2.48. The number of carbonyl (C=O) groups is 1. The lowest BCUT2D eigenvalue weighted by atomic mass is 10.1. The second kappa shape index (κ2) is 8.59. The van der Waals surface area contributed by atoms with Gasteiger partial charge in [-0.25, -0.2) is 8.78 Å². The molecule has 2 aromatic carbocycles. The van der Waals surface area contributed by atoms with Crippen molar-refractivity contribution in [3.63, 3.8) is 0 Å². The molecule has 1 amide bonds. The van der Waals surface area contributed by atoms with Gasteiger partial charge in [-0.1, -0.05) is 24.3 Å². The zero-order chi connectivity index (χ0) is 20.4. The van der Waals surface area contributed by atoms with Crippen LogP contribution < -0.4 is 10.6 Å². The molecule has 1 aliphatic heterocycles. The number of benzene rings is 2. The number of halogens is 2. The fourth-order valence-corrected chi connectivity index (χ4v) is 4.67. The van der Waals surface area contributed by atoms with Crippen molar-refractivity contribution in [3.05, 3.63) is 70.8 Å². The van der Waals surface area contributed by atoms with Crippen LogP contribution in [0.15, 0.2) is 42.5 Å². The molecule has 4 nitrogen and oxygen atoms in total. The fourth-order valence-electron chi connectivity index (χ4n) is 4.67. The van der Waals surface area contributed by atoms with E-state index in [0.717, 1.165) is 31.5 Å². The van der Waals surface area contributed by atoms with Crippen molar-refractivity contribution in [2.75, 3.05) is 13.1 Å². The molecule has 1 saturated heterocycles. The lowest BCUT2D eigenvalue weighted by molar-refractivity contribution is -0.126. The van der Waals surface area contributed by atoms with E-state index in [9.17, 15) is 13.6 Å². The molecular formula is C23H27F2N3O. The van der Waals surface area contributed by atoms with Gasteiger partial charge in [0.1, 0.15) is 11.6 Å². The molecule has 0 bridgehead atoms. The standard InChI is InChI=1S/C23H27F2N3O/c1-2-26-23(29)22-12-19(27-13-17-9-18(24)7-8-21(17)25)14-28(22)20-10-15-5-3-4-6-16(15)11-20/h3-9,19-20,22,27H,2,10-14H2,1H3,(H,26,29)/t19-,22+/m1/s1. The Morgan fingerprint density at radius 2 is 1.86 bits per heavy atom. The van der Waals surface area contributed by atoms with Crippen molar-refractivity contribution >= 4 is 5.91 Å². The molecule has 29 heavy (non-hydrogen) atoms. The highest BCUT2D eigenvalue weighted by molar-refractivity contribution is 5.82. The van der Waals surface area contributed by atoms with E-state index < -0.39 is 11.6 Å². The molecule has 2 aromatic rings. The van der Waals surface area contributed by atoms with E-state index in [2.05, 4.69) is 39.8 Å². The third-order valence-corrected chi connectivity index (χ3v) is 6.08. The Morgan fingerprint density at radius 3 is 2.55 bits per heavy atom. The van der Waals surface area contributed by atoms with Crippen molar-refractivity contribution in [2.24, 2.45) is 0 Å². The van der Waals surface area contributed by atoms with Gasteiger partial charge in [0, 0.05) is 37.3 Å². The van der Waals surface area contributed by atoms with Gasteiger partial charge in [-0.3, -0.25) is 9.69 Å². The summed E-state index contributed by atoms with van der Waals surface area (Å²) in [6, 6.07) is 12.1. The lowest BCUT2D eigenvalue weighted by Gasteiger charge is -2.29. The van der Waals surface area contributed by atoms with Crippen LogP contribution in [0.5, 0.6) is 0 Å². The maximum absolute atomic E-state index is 13.9. The van der Waals surface area contributed by atoms with Gasteiger partial charge < -0.3 is 10.6 Å². The van der Waals surface area contributed by atoms with E-state index in [1.165, 1.54) is 17.2 Å². The Labute approximate surface area is 170 Å². The maximum Gasteiger partial charge on any atom is 0.237 e. The summed E-state index contributed by atoms with van der Waals surface area (Å²) >= 11 is 0. The highest BCUT2D eigenvalue weighted by Gasteiger charge is 2.41. The minimum absolute atomic E-state index is 0.0460. The SMILES string of the molecule is CCNC(=O)[C@@H]1C[C@@H](NCc2cc(F)ccc2F)CN1C1Cc2ccccc2C1. The van der Waals surface area contributed by atoms with E-state index in [4.69, 9.17) is 0 Å². The number of likely N-dealkylation sites (tertiary alicyclic amines) is 1. The highest BCUT2D eigenvalue weighted by atomic mass is 19.1. The summed E-state index contributed by atoms with van der Waals surface area (Å²) in [5.41, 5.74) is 3.02. The van der Waals surface area contributed by atoms with Gasteiger partial charge in [-0.15, -0.1) is 0 Å². The molecule has 0 unspecified atom stereocenters. The molecule has 2 N–H and O–H groups in total. The topological polar surface area (TPSA) is 44.4 Å². The van der Waals surface area contributed by atoms with E-state index >= 15 is 0 Å². The van der Waals surface area contributed by atoms with Crippen LogP contribution in [0.3, 0.4) is 0 Å². The third kappa shape index (κ3) is 4.33. The Bertz CT molecular complexity index is 863. The quantitative estimate of drug-likeness (QED) is 0.785. The first kappa shape index (κ1) is 20.0. The Kier molecular flexibility index (Phi) is 5.92. The van der Waals surface area contributed by atoms with E-state index in [1.807, 2.05) is 6.92 Å². The van der Waals surface area contributed by atoms with Gasteiger partial charge in [-0.05, 0) is 55.5 Å². The van der Waals surface area contributed by atoms with Gasteiger partial charge in [0.05, 0.1) is 6.04 Å². The first-order valence-corrected chi connectivity index (χ1v) is 10.3. The van der Waals surface area contributed by atoms with E-state index in [0.29, 0.717) is 18.5 Å². The number of hydrogen-bond donors (Lipinski definition) is 2. The van der Waals surface area contributed by atoms with Crippen LogP contribution in [-0.4, -0.2) is 42.0 Å². The Hall–Kier alpha value is -2.31. The average Bonchev–Trinajstić information content (AvgIpc) is 3.32. The number of hydrogen-bond acceptors (Lipinski definition) is 3. The summed E-state index contributed by atoms with van der Waals surface area (Å²) in [4.78, 5) is 15.0. The number of nitrogens with one attached hydrogen (secondary N) is 2. The molecule has 154 valence electrons. The van der Waals surface area contributed by atoms with Crippen LogP contribution >= 0.6 is 0 Å². The third-order valence-electron chi connectivity index (χ3n) is 6.08. The predicted molar refractivity (Wildman–Crippen MR) is 108 cm³/mol. The molecule has 1 heterocycles.